The standard InChI is InChI=1S/C21H16N6O2/c28-17(11-12-5-4-10-22-12)14-7-3-9-16-18(14)24-21(23-16)25-20(29)19-13-6-1-2-8-15(13)26-27-19/h1-4,6-10H,5,11H2,(H,26,27)(H2,23,24,25,29). The minimum Gasteiger partial charge on any atom is -0.324 e. The van der Waals surface area contributed by atoms with Crippen LogP contribution < -0.4 is 5.32 Å². The summed E-state index contributed by atoms with van der Waals surface area (Å²) < 4.78 is 0. The van der Waals surface area contributed by atoms with Gasteiger partial charge in [0.25, 0.3) is 5.91 Å². The maximum absolute atomic E-state index is 12.7. The number of benzene rings is 2. The van der Waals surface area contributed by atoms with Crippen molar-refractivity contribution < 1.29 is 9.59 Å². The normalized spacial score (nSPS) is 13.2. The molecule has 0 bridgehead atoms. The molecule has 2 aromatic carbocycles. The number of aromatic amines is 2. The van der Waals surface area contributed by atoms with Gasteiger partial charge in [0.05, 0.1) is 11.0 Å². The van der Waals surface area contributed by atoms with Crippen LogP contribution in [-0.2, 0) is 0 Å². The molecule has 4 aromatic rings. The summed E-state index contributed by atoms with van der Waals surface area (Å²) >= 11 is 0. The molecule has 5 rings (SSSR count). The Balaban J connectivity index is 1.42. The third-order valence-electron chi connectivity index (χ3n) is 4.81. The van der Waals surface area contributed by atoms with E-state index >= 15 is 0 Å². The minimum absolute atomic E-state index is 0.0549. The van der Waals surface area contributed by atoms with Gasteiger partial charge in [0.15, 0.2) is 11.5 Å². The number of imidazole rings is 1. The molecule has 3 N–H and O–H groups in total. The van der Waals surface area contributed by atoms with Crippen LogP contribution in [0.15, 0.2) is 59.7 Å². The average Bonchev–Trinajstić information content (AvgIpc) is 3.46. The Morgan fingerprint density at radius 1 is 1.07 bits per heavy atom. The molecule has 0 saturated heterocycles. The van der Waals surface area contributed by atoms with E-state index in [1.54, 1.807) is 18.3 Å². The van der Waals surface area contributed by atoms with E-state index in [-0.39, 0.29) is 29.8 Å². The zero-order valence-electron chi connectivity index (χ0n) is 15.3. The molecule has 0 atom stereocenters. The van der Waals surface area contributed by atoms with Crippen LogP contribution in [0, 0.1) is 0 Å². The molecule has 1 aliphatic heterocycles. The number of nitrogens with one attached hydrogen (secondary N) is 3. The number of carbonyl (C=O) groups is 2. The zero-order valence-corrected chi connectivity index (χ0v) is 15.3. The van der Waals surface area contributed by atoms with Crippen molar-refractivity contribution in [1.29, 1.82) is 0 Å². The predicted octanol–water partition coefficient (Wildman–Crippen LogP) is 3.62. The lowest BCUT2D eigenvalue weighted by molar-refractivity contribution is 0.0999. The Bertz CT molecular complexity index is 1330. The Kier molecular flexibility index (Phi) is 4.02. The predicted molar refractivity (Wildman–Crippen MR) is 110 cm³/mol. The van der Waals surface area contributed by atoms with E-state index in [9.17, 15) is 9.59 Å². The third kappa shape index (κ3) is 3.10. The Labute approximate surface area is 164 Å². The molecule has 29 heavy (non-hydrogen) atoms. The van der Waals surface area contributed by atoms with E-state index in [4.69, 9.17) is 0 Å². The van der Waals surface area contributed by atoms with Crippen molar-refractivity contribution in [2.24, 2.45) is 4.99 Å². The molecule has 0 unspecified atom stereocenters. The van der Waals surface area contributed by atoms with Gasteiger partial charge in [-0.3, -0.25) is 25.0 Å². The van der Waals surface area contributed by atoms with Gasteiger partial charge in [-0.1, -0.05) is 30.3 Å². The molecule has 3 heterocycles. The smallest absolute Gasteiger partial charge is 0.279 e. The van der Waals surface area contributed by atoms with Crippen LogP contribution in [-0.4, -0.2) is 37.6 Å². The van der Waals surface area contributed by atoms with E-state index in [1.807, 2.05) is 36.4 Å². The maximum atomic E-state index is 12.7. The molecule has 8 heteroatoms. The van der Waals surface area contributed by atoms with Gasteiger partial charge in [0, 0.05) is 35.7 Å². The molecule has 0 fully saturated rings. The quantitative estimate of drug-likeness (QED) is 0.456. The van der Waals surface area contributed by atoms with Crippen molar-refractivity contribution >= 4 is 45.3 Å². The Morgan fingerprint density at radius 3 is 2.79 bits per heavy atom. The minimum atomic E-state index is -0.388. The summed E-state index contributed by atoms with van der Waals surface area (Å²) in [4.78, 5) is 37.1. The van der Waals surface area contributed by atoms with E-state index in [0.29, 0.717) is 23.0 Å². The highest BCUT2D eigenvalue weighted by Gasteiger charge is 2.19. The highest BCUT2D eigenvalue weighted by atomic mass is 16.2. The largest absolute Gasteiger partial charge is 0.324 e. The lowest BCUT2D eigenvalue weighted by atomic mass is 10.0. The molecule has 0 radical (unpaired) electrons. The molecule has 0 aliphatic carbocycles. The highest BCUT2D eigenvalue weighted by Crippen LogP contribution is 2.22. The first-order chi connectivity index (χ1) is 14.2. The van der Waals surface area contributed by atoms with E-state index in [1.165, 1.54) is 0 Å². The topological polar surface area (TPSA) is 116 Å². The fourth-order valence-corrected chi connectivity index (χ4v) is 3.42. The van der Waals surface area contributed by atoms with Crippen LogP contribution in [0.5, 0.6) is 0 Å². The summed E-state index contributed by atoms with van der Waals surface area (Å²) in [5.74, 6) is -0.182. The van der Waals surface area contributed by atoms with Gasteiger partial charge in [-0.15, -0.1) is 0 Å². The van der Waals surface area contributed by atoms with Gasteiger partial charge in [0.1, 0.15) is 5.52 Å². The van der Waals surface area contributed by atoms with E-state index < -0.39 is 0 Å². The maximum Gasteiger partial charge on any atom is 0.279 e. The van der Waals surface area contributed by atoms with E-state index in [0.717, 1.165) is 16.6 Å². The second-order valence-corrected chi connectivity index (χ2v) is 6.74. The first-order valence-electron chi connectivity index (χ1n) is 9.16. The van der Waals surface area contributed by atoms with Crippen LogP contribution in [0.3, 0.4) is 0 Å². The summed E-state index contributed by atoms with van der Waals surface area (Å²) in [6.07, 6.45) is 4.58. The summed E-state index contributed by atoms with van der Waals surface area (Å²) in [6, 6.07) is 12.7. The molecule has 0 saturated carbocycles. The van der Waals surface area contributed by atoms with Gasteiger partial charge in [0.2, 0.25) is 5.95 Å². The molecule has 1 aliphatic rings. The number of aliphatic imine (C=N–C) groups is 1. The fraction of sp³-hybridized carbons (Fsp3) is 0.0952. The number of rotatable bonds is 5. The summed E-state index contributed by atoms with van der Waals surface area (Å²) in [5.41, 5.74) is 3.58. The lowest BCUT2D eigenvalue weighted by Gasteiger charge is -2.01. The molecule has 8 nitrogen and oxygen atoms in total. The molecule has 2 aromatic heterocycles. The fourth-order valence-electron chi connectivity index (χ4n) is 3.42. The van der Waals surface area contributed by atoms with Crippen molar-refractivity contribution in [3.8, 4) is 0 Å². The van der Waals surface area contributed by atoms with Crippen molar-refractivity contribution in [1.82, 2.24) is 20.2 Å². The molecule has 142 valence electrons. The molecule has 1 amide bonds. The third-order valence-corrected chi connectivity index (χ3v) is 4.81. The van der Waals surface area contributed by atoms with Crippen molar-refractivity contribution in [3.05, 3.63) is 66.0 Å². The number of nitrogens with zero attached hydrogens (tertiary/aromatic N) is 3. The van der Waals surface area contributed by atoms with Gasteiger partial charge in [-0.05, 0) is 18.2 Å². The molecule has 0 spiro atoms. The number of carbonyl (C=O) groups excluding carboxylic acids is 2. The van der Waals surface area contributed by atoms with Crippen LogP contribution in [0.25, 0.3) is 21.9 Å². The van der Waals surface area contributed by atoms with E-state index in [2.05, 4.69) is 30.5 Å². The number of fused-ring (bicyclic) bond motifs is 2. The average molecular weight is 384 g/mol. The molecular formula is C21H16N6O2. The zero-order chi connectivity index (χ0) is 19.8. The number of amides is 1. The number of ketones is 1. The van der Waals surface area contributed by atoms with Crippen molar-refractivity contribution in [3.63, 3.8) is 0 Å². The number of hydrogen-bond donors (Lipinski definition) is 3. The Morgan fingerprint density at radius 2 is 1.93 bits per heavy atom. The number of para-hydroxylation sites is 2. The van der Waals surface area contributed by atoms with Crippen LogP contribution in [0.4, 0.5) is 5.95 Å². The van der Waals surface area contributed by atoms with Gasteiger partial charge in [-0.25, -0.2) is 4.98 Å². The lowest BCUT2D eigenvalue weighted by Crippen LogP contribution is -2.13. The van der Waals surface area contributed by atoms with Crippen LogP contribution in [0.1, 0.15) is 33.7 Å². The number of Topliss-reactive ketones (excluding diaryl/α,β-unsaturated/α-hetero) is 1. The number of aromatic nitrogens is 4. The number of hydrogen-bond acceptors (Lipinski definition) is 5. The van der Waals surface area contributed by atoms with Crippen molar-refractivity contribution in [2.75, 3.05) is 5.32 Å². The second-order valence-electron chi connectivity index (χ2n) is 6.74. The van der Waals surface area contributed by atoms with Gasteiger partial charge in [-0.2, -0.15) is 5.10 Å². The number of anilines is 1. The summed E-state index contributed by atoms with van der Waals surface area (Å²) in [6.45, 7) is 0. The van der Waals surface area contributed by atoms with Crippen LogP contribution in [0.2, 0.25) is 0 Å². The SMILES string of the molecule is O=C(Nc1nc2c(C(=O)CC3=NC=CC3)cccc2[nH]1)c1n[nH]c2ccccc12. The van der Waals surface area contributed by atoms with Gasteiger partial charge < -0.3 is 4.98 Å². The second kappa shape index (κ2) is 6.83. The summed E-state index contributed by atoms with van der Waals surface area (Å²) in [7, 11) is 0. The number of allylic oxidation sites excluding steroid dienone is 1. The summed E-state index contributed by atoms with van der Waals surface area (Å²) in [5, 5.41) is 10.4. The van der Waals surface area contributed by atoms with Gasteiger partial charge >= 0.3 is 0 Å². The van der Waals surface area contributed by atoms with Crippen molar-refractivity contribution in [2.45, 2.75) is 12.8 Å². The number of H-pyrrole nitrogens is 2. The highest BCUT2D eigenvalue weighted by molar-refractivity contribution is 6.16. The monoisotopic (exact) mass is 384 g/mol. The molecular weight excluding hydrogens is 368 g/mol. The van der Waals surface area contributed by atoms with Crippen LogP contribution >= 0.6 is 0 Å². The Hall–Kier alpha value is -4.07. The first kappa shape index (κ1) is 17.1. The first-order valence-corrected chi connectivity index (χ1v) is 9.16.